The van der Waals surface area contributed by atoms with E-state index in [1.807, 2.05) is 24.5 Å². The Morgan fingerprint density at radius 1 is 0.756 bits per heavy atom. The Kier molecular flexibility index (Phi) is 7.24. The quantitative estimate of drug-likeness (QED) is 0.210. The van der Waals surface area contributed by atoms with Crippen LogP contribution in [-0.4, -0.2) is 24.8 Å². The fourth-order valence-corrected chi connectivity index (χ4v) is 6.14. The zero-order valence-electron chi connectivity index (χ0n) is 23.1. The minimum Gasteiger partial charge on any atom is -0.341 e. The van der Waals surface area contributed by atoms with Gasteiger partial charge in [0.2, 0.25) is 0 Å². The van der Waals surface area contributed by atoms with Gasteiger partial charge in [0.1, 0.15) is 5.82 Å². The van der Waals surface area contributed by atoms with E-state index in [9.17, 15) is 0 Å². The van der Waals surface area contributed by atoms with Gasteiger partial charge < -0.3 is 10.3 Å². The Labute approximate surface area is 240 Å². The number of imidazole rings is 1. The molecule has 3 aromatic heterocycles. The van der Waals surface area contributed by atoms with E-state index in [4.69, 9.17) is 9.97 Å². The predicted octanol–water partition coefficient (Wildman–Crippen LogP) is 6.88. The van der Waals surface area contributed by atoms with Gasteiger partial charge in [-0.3, -0.25) is 14.9 Å². The maximum Gasteiger partial charge on any atom is 0.121 e. The van der Waals surface area contributed by atoms with Crippen molar-refractivity contribution in [2.45, 2.75) is 51.5 Å². The Hall–Kier alpha value is -4.39. The number of nitrogens with zero attached hydrogens (tertiary/aromatic N) is 4. The molecule has 1 atom stereocenters. The highest BCUT2D eigenvalue weighted by atomic mass is 15.2. The van der Waals surface area contributed by atoms with Gasteiger partial charge in [0.05, 0.1) is 34.8 Å². The third-order valence-electron chi connectivity index (χ3n) is 8.19. The van der Waals surface area contributed by atoms with Gasteiger partial charge in [0.25, 0.3) is 0 Å². The second kappa shape index (κ2) is 11.6. The number of aryl methyl sites for hydroxylation is 1. The van der Waals surface area contributed by atoms with Gasteiger partial charge in [-0.2, -0.15) is 0 Å². The van der Waals surface area contributed by atoms with Crippen molar-refractivity contribution in [3.8, 4) is 0 Å². The summed E-state index contributed by atoms with van der Waals surface area (Å²) in [6.45, 7) is 3.22. The molecule has 0 fully saturated rings. The fourth-order valence-electron chi connectivity index (χ4n) is 6.14. The van der Waals surface area contributed by atoms with E-state index in [-0.39, 0.29) is 6.04 Å². The molecular formula is C35H34N6. The van der Waals surface area contributed by atoms with Crippen LogP contribution in [0.5, 0.6) is 0 Å². The van der Waals surface area contributed by atoms with Gasteiger partial charge in [-0.05, 0) is 71.8 Å². The number of aromatic amines is 1. The van der Waals surface area contributed by atoms with Crippen molar-refractivity contribution in [2.24, 2.45) is 0 Å². The number of fused-ring (bicyclic) bond motifs is 3. The number of benzene rings is 3. The third-order valence-corrected chi connectivity index (χ3v) is 8.19. The summed E-state index contributed by atoms with van der Waals surface area (Å²) in [5.74, 6) is 0.999. The molecule has 6 aromatic rings. The molecule has 6 heteroatoms. The lowest BCUT2D eigenvalue weighted by atomic mass is 9.90. The van der Waals surface area contributed by atoms with Crippen LogP contribution in [0.4, 0.5) is 0 Å². The van der Waals surface area contributed by atoms with E-state index in [0.717, 1.165) is 61.4 Å². The number of rotatable bonds is 9. The standard InChI is InChI=1S/C35H34N6/c1-2-10-30-29(9-1)28(18-20-37-30)22-36-21-25-14-16-26(17-15-25)23-41(24-34-39-31-11-3-4-12-32(31)40-34)33-13-5-7-27-8-6-19-38-35(27)33/h1-4,6,8-12,14-20,33,36H,5,7,13,21-24H2,(H,39,40). The molecule has 7 rings (SSSR count). The first-order valence-corrected chi connectivity index (χ1v) is 14.5. The van der Waals surface area contributed by atoms with Gasteiger partial charge >= 0.3 is 0 Å². The SMILES string of the molecule is c1cnc2c(c1)CCCC2N(Cc1ccc(CNCc2ccnc3ccccc23)cc1)Cc1nc2ccccc2[nH]1. The van der Waals surface area contributed by atoms with Crippen LogP contribution in [0.2, 0.25) is 0 Å². The topological polar surface area (TPSA) is 69.7 Å². The molecule has 2 N–H and O–H groups in total. The van der Waals surface area contributed by atoms with E-state index >= 15 is 0 Å². The van der Waals surface area contributed by atoms with Crippen molar-refractivity contribution in [1.29, 1.82) is 0 Å². The van der Waals surface area contributed by atoms with Gasteiger partial charge in [-0.25, -0.2) is 4.98 Å². The first-order chi connectivity index (χ1) is 20.3. The molecule has 0 bridgehead atoms. The summed E-state index contributed by atoms with van der Waals surface area (Å²) in [6, 6.07) is 32.3. The van der Waals surface area contributed by atoms with Crippen molar-refractivity contribution in [1.82, 2.24) is 30.2 Å². The molecule has 1 aliphatic carbocycles. The average Bonchev–Trinajstić information content (AvgIpc) is 3.44. The third kappa shape index (κ3) is 5.62. The van der Waals surface area contributed by atoms with Gasteiger partial charge in [-0.15, -0.1) is 0 Å². The minimum absolute atomic E-state index is 0.268. The van der Waals surface area contributed by atoms with Crippen molar-refractivity contribution >= 4 is 21.9 Å². The van der Waals surface area contributed by atoms with Gasteiger partial charge in [-0.1, -0.05) is 60.7 Å². The number of para-hydroxylation sites is 3. The summed E-state index contributed by atoms with van der Waals surface area (Å²) in [5, 5.41) is 4.83. The first-order valence-electron chi connectivity index (χ1n) is 14.5. The van der Waals surface area contributed by atoms with Crippen LogP contribution < -0.4 is 5.32 Å². The summed E-state index contributed by atoms with van der Waals surface area (Å²) in [5.41, 5.74) is 9.59. The van der Waals surface area contributed by atoms with Gasteiger partial charge in [0, 0.05) is 37.4 Å². The second-order valence-electron chi connectivity index (χ2n) is 11.0. The van der Waals surface area contributed by atoms with E-state index < -0.39 is 0 Å². The summed E-state index contributed by atoms with van der Waals surface area (Å²) in [4.78, 5) is 20.3. The summed E-state index contributed by atoms with van der Waals surface area (Å²) in [6.07, 6.45) is 7.22. The zero-order valence-corrected chi connectivity index (χ0v) is 23.1. The van der Waals surface area contributed by atoms with E-state index in [1.165, 1.54) is 39.8 Å². The molecule has 204 valence electrons. The van der Waals surface area contributed by atoms with Crippen LogP contribution in [-0.2, 0) is 32.6 Å². The van der Waals surface area contributed by atoms with Crippen molar-refractivity contribution in [2.75, 3.05) is 0 Å². The van der Waals surface area contributed by atoms with Crippen LogP contribution in [0.15, 0.2) is 103 Å². The Morgan fingerprint density at radius 2 is 1.59 bits per heavy atom. The number of hydrogen-bond donors (Lipinski definition) is 2. The Bertz CT molecular complexity index is 1740. The molecule has 1 aliphatic rings. The van der Waals surface area contributed by atoms with Crippen LogP contribution in [0.1, 0.15) is 52.7 Å². The number of aromatic nitrogens is 4. The molecule has 3 aromatic carbocycles. The molecule has 6 nitrogen and oxygen atoms in total. The highest BCUT2D eigenvalue weighted by molar-refractivity contribution is 5.81. The monoisotopic (exact) mass is 538 g/mol. The molecule has 0 saturated carbocycles. The normalized spacial score (nSPS) is 15.0. The molecule has 1 unspecified atom stereocenters. The molecular weight excluding hydrogens is 504 g/mol. The van der Waals surface area contributed by atoms with E-state index in [0.29, 0.717) is 0 Å². The number of hydrogen-bond acceptors (Lipinski definition) is 5. The highest BCUT2D eigenvalue weighted by Crippen LogP contribution is 2.34. The van der Waals surface area contributed by atoms with Crippen molar-refractivity contribution in [3.05, 3.63) is 137 Å². The maximum absolute atomic E-state index is 4.91. The average molecular weight is 539 g/mol. The first kappa shape index (κ1) is 25.6. The van der Waals surface area contributed by atoms with Crippen LogP contribution in [0.25, 0.3) is 21.9 Å². The van der Waals surface area contributed by atoms with E-state index in [2.05, 4.69) is 99.0 Å². The molecule has 0 aliphatic heterocycles. The molecule has 0 amide bonds. The minimum atomic E-state index is 0.268. The molecule has 0 spiro atoms. The lowest BCUT2D eigenvalue weighted by molar-refractivity contribution is 0.153. The number of H-pyrrole nitrogens is 1. The summed E-state index contributed by atoms with van der Waals surface area (Å²) >= 11 is 0. The Balaban J connectivity index is 1.07. The molecule has 0 radical (unpaired) electrons. The van der Waals surface area contributed by atoms with Crippen LogP contribution >= 0.6 is 0 Å². The lowest BCUT2D eigenvalue weighted by Crippen LogP contribution is -2.31. The fraction of sp³-hybridized carbons (Fsp3) is 0.229. The van der Waals surface area contributed by atoms with Crippen LogP contribution in [0, 0.1) is 0 Å². The van der Waals surface area contributed by atoms with Crippen molar-refractivity contribution in [3.63, 3.8) is 0 Å². The van der Waals surface area contributed by atoms with Gasteiger partial charge in [0.15, 0.2) is 0 Å². The largest absolute Gasteiger partial charge is 0.341 e. The van der Waals surface area contributed by atoms with Crippen molar-refractivity contribution < 1.29 is 0 Å². The number of nitrogens with one attached hydrogen (secondary N) is 2. The molecule has 41 heavy (non-hydrogen) atoms. The highest BCUT2D eigenvalue weighted by Gasteiger charge is 2.28. The summed E-state index contributed by atoms with van der Waals surface area (Å²) < 4.78 is 0. The Morgan fingerprint density at radius 3 is 2.49 bits per heavy atom. The second-order valence-corrected chi connectivity index (χ2v) is 11.0. The summed E-state index contributed by atoms with van der Waals surface area (Å²) in [7, 11) is 0. The lowest BCUT2D eigenvalue weighted by Gasteiger charge is -2.34. The van der Waals surface area contributed by atoms with Crippen LogP contribution in [0.3, 0.4) is 0 Å². The maximum atomic E-state index is 4.91. The number of pyridine rings is 2. The zero-order chi connectivity index (χ0) is 27.4. The predicted molar refractivity (Wildman–Crippen MR) is 164 cm³/mol. The smallest absolute Gasteiger partial charge is 0.121 e. The molecule has 3 heterocycles. The van der Waals surface area contributed by atoms with E-state index in [1.54, 1.807) is 0 Å². The molecule has 0 saturated heterocycles.